The molecule has 2 atom stereocenters. The van der Waals surface area contributed by atoms with Crippen LogP contribution in [0.1, 0.15) is 19.8 Å². The van der Waals surface area contributed by atoms with Crippen LogP contribution >= 0.6 is 0 Å². The third-order valence-corrected chi connectivity index (χ3v) is 2.22. The van der Waals surface area contributed by atoms with Gasteiger partial charge in [-0.1, -0.05) is 6.92 Å². The Kier molecular flexibility index (Phi) is 3.88. The molecular weight excluding hydrogens is 186 g/mol. The number of nitrogens with one attached hydrogen (secondary N) is 1. The third kappa shape index (κ3) is 2.70. The van der Waals surface area contributed by atoms with E-state index < -0.39 is 11.9 Å². The van der Waals surface area contributed by atoms with Gasteiger partial charge in [0.15, 0.2) is 0 Å². The van der Waals surface area contributed by atoms with Gasteiger partial charge in [-0.05, 0) is 6.42 Å². The predicted molar refractivity (Wildman–Crippen MR) is 48.8 cm³/mol. The number of rotatable bonds is 4. The van der Waals surface area contributed by atoms with Crippen molar-refractivity contribution in [2.45, 2.75) is 25.8 Å². The van der Waals surface area contributed by atoms with Gasteiger partial charge in [-0.2, -0.15) is 0 Å². The summed E-state index contributed by atoms with van der Waals surface area (Å²) >= 11 is 0. The molecule has 0 aliphatic carbocycles. The van der Waals surface area contributed by atoms with Crippen molar-refractivity contribution in [2.75, 3.05) is 13.2 Å². The van der Waals surface area contributed by atoms with Gasteiger partial charge in [-0.25, -0.2) is 0 Å². The van der Waals surface area contributed by atoms with Gasteiger partial charge < -0.3 is 15.2 Å². The van der Waals surface area contributed by atoms with Gasteiger partial charge in [-0.3, -0.25) is 9.59 Å². The monoisotopic (exact) mass is 201 g/mol. The maximum atomic E-state index is 11.2. The van der Waals surface area contributed by atoms with E-state index in [2.05, 4.69) is 5.32 Å². The maximum absolute atomic E-state index is 11.2. The van der Waals surface area contributed by atoms with Gasteiger partial charge in [0.05, 0.1) is 19.3 Å². The van der Waals surface area contributed by atoms with Gasteiger partial charge in [0, 0.05) is 6.42 Å². The maximum Gasteiger partial charge on any atom is 0.311 e. The summed E-state index contributed by atoms with van der Waals surface area (Å²) in [5, 5.41) is 11.5. The highest BCUT2D eigenvalue weighted by molar-refractivity contribution is 5.78. The van der Waals surface area contributed by atoms with E-state index in [1.54, 1.807) is 0 Å². The summed E-state index contributed by atoms with van der Waals surface area (Å²) in [6.07, 6.45) is 1.19. The van der Waals surface area contributed by atoms with Gasteiger partial charge in [0.25, 0.3) is 0 Å². The molecule has 1 amide bonds. The van der Waals surface area contributed by atoms with Crippen LogP contribution in [-0.2, 0) is 14.3 Å². The molecule has 0 aromatic rings. The predicted octanol–water partition coefficient (Wildman–Crippen LogP) is 0.00230. The molecule has 5 nitrogen and oxygen atoms in total. The molecule has 1 aliphatic rings. The van der Waals surface area contributed by atoms with Gasteiger partial charge in [-0.15, -0.1) is 0 Å². The Morgan fingerprint density at radius 2 is 2.21 bits per heavy atom. The zero-order valence-corrected chi connectivity index (χ0v) is 8.16. The Hall–Kier alpha value is -1.10. The van der Waals surface area contributed by atoms with Crippen LogP contribution in [-0.4, -0.2) is 36.2 Å². The zero-order chi connectivity index (χ0) is 10.6. The van der Waals surface area contributed by atoms with Crippen LogP contribution in [0.2, 0.25) is 0 Å². The molecule has 1 aliphatic heterocycles. The summed E-state index contributed by atoms with van der Waals surface area (Å²) in [6.45, 7) is 2.39. The number of ether oxygens (including phenoxy) is 1. The minimum absolute atomic E-state index is 0.103. The van der Waals surface area contributed by atoms with E-state index in [0.29, 0.717) is 13.0 Å². The fourth-order valence-corrected chi connectivity index (χ4v) is 1.45. The number of hydrogen-bond acceptors (Lipinski definition) is 3. The number of carboxylic acids is 1. The molecular formula is C9H15NO4. The van der Waals surface area contributed by atoms with Crippen LogP contribution in [0.4, 0.5) is 0 Å². The zero-order valence-electron chi connectivity index (χ0n) is 8.16. The average molecular weight is 201 g/mol. The Bertz CT molecular complexity index is 229. The lowest BCUT2D eigenvalue weighted by atomic mass is 10.0. The molecule has 2 unspecified atom stereocenters. The van der Waals surface area contributed by atoms with Crippen molar-refractivity contribution < 1.29 is 19.4 Å². The molecule has 0 aromatic heterocycles. The summed E-state index contributed by atoms with van der Waals surface area (Å²) in [4.78, 5) is 21.9. The topological polar surface area (TPSA) is 75.6 Å². The van der Waals surface area contributed by atoms with Crippen molar-refractivity contribution in [2.24, 2.45) is 5.92 Å². The molecule has 14 heavy (non-hydrogen) atoms. The highest BCUT2D eigenvalue weighted by Crippen LogP contribution is 2.13. The molecule has 0 saturated carbocycles. The molecule has 5 heteroatoms. The lowest BCUT2D eigenvalue weighted by molar-refractivity contribution is -0.142. The van der Waals surface area contributed by atoms with Gasteiger partial charge in [0.2, 0.25) is 5.91 Å². The van der Waals surface area contributed by atoms with Crippen molar-refractivity contribution in [1.29, 1.82) is 0 Å². The van der Waals surface area contributed by atoms with Crippen LogP contribution in [0.5, 0.6) is 0 Å². The van der Waals surface area contributed by atoms with E-state index in [9.17, 15) is 9.59 Å². The molecule has 2 N–H and O–H groups in total. The summed E-state index contributed by atoms with van der Waals surface area (Å²) in [5.41, 5.74) is 0. The average Bonchev–Trinajstić information content (AvgIpc) is 2.52. The molecule has 1 saturated heterocycles. The van der Waals surface area contributed by atoms with E-state index in [-0.39, 0.29) is 18.6 Å². The van der Waals surface area contributed by atoms with E-state index in [4.69, 9.17) is 9.84 Å². The normalized spacial score (nSPS) is 26.1. The molecule has 80 valence electrons. The second-order valence-corrected chi connectivity index (χ2v) is 3.41. The highest BCUT2D eigenvalue weighted by atomic mass is 16.5. The summed E-state index contributed by atoms with van der Waals surface area (Å²) < 4.78 is 5.01. The minimum Gasteiger partial charge on any atom is -0.481 e. The number of hydrogen-bond donors (Lipinski definition) is 2. The second-order valence-electron chi connectivity index (χ2n) is 3.41. The highest BCUT2D eigenvalue weighted by Gasteiger charge is 2.34. The van der Waals surface area contributed by atoms with Crippen molar-refractivity contribution >= 4 is 11.9 Å². The third-order valence-electron chi connectivity index (χ3n) is 2.22. The smallest absolute Gasteiger partial charge is 0.311 e. The van der Waals surface area contributed by atoms with Crippen LogP contribution in [0, 0.1) is 5.92 Å². The van der Waals surface area contributed by atoms with Crippen molar-refractivity contribution in [1.82, 2.24) is 5.32 Å². The molecule has 0 bridgehead atoms. The standard InChI is InChI=1S/C9H15NO4/c1-2-3-8(11)10-7-5-14-4-6(7)9(12)13/h6-7H,2-5H2,1H3,(H,10,11)(H,12,13). The molecule has 1 fully saturated rings. The number of carbonyl (C=O) groups excluding carboxylic acids is 1. The lowest BCUT2D eigenvalue weighted by Crippen LogP contribution is -2.42. The van der Waals surface area contributed by atoms with Gasteiger partial charge >= 0.3 is 5.97 Å². The fraction of sp³-hybridized carbons (Fsp3) is 0.778. The number of carboxylic acid groups (broad SMARTS) is 1. The van der Waals surface area contributed by atoms with E-state index >= 15 is 0 Å². The second kappa shape index (κ2) is 4.95. The first-order valence-corrected chi connectivity index (χ1v) is 4.75. The Balaban J connectivity index is 2.43. The fourth-order valence-electron chi connectivity index (χ4n) is 1.45. The van der Waals surface area contributed by atoms with E-state index in [1.165, 1.54) is 0 Å². The van der Waals surface area contributed by atoms with Crippen molar-refractivity contribution in [3.8, 4) is 0 Å². The largest absolute Gasteiger partial charge is 0.481 e. The number of carbonyl (C=O) groups is 2. The van der Waals surface area contributed by atoms with Crippen LogP contribution in [0.3, 0.4) is 0 Å². The van der Waals surface area contributed by atoms with E-state index in [0.717, 1.165) is 6.42 Å². The van der Waals surface area contributed by atoms with E-state index in [1.807, 2.05) is 6.92 Å². The molecule has 1 rings (SSSR count). The van der Waals surface area contributed by atoms with Gasteiger partial charge in [0.1, 0.15) is 5.92 Å². The van der Waals surface area contributed by atoms with Crippen molar-refractivity contribution in [3.63, 3.8) is 0 Å². The molecule has 0 aromatic carbocycles. The molecule has 1 heterocycles. The number of aliphatic carboxylic acids is 1. The first-order chi connectivity index (χ1) is 6.65. The lowest BCUT2D eigenvalue weighted by Gasteiger charge is -2.15. The van der Waals surface area contributed by atoms with Crippen LogP contribution in [0.15, 0.2) is 0 Å². The van der Waals surface area contributed by atoms with Crippen molar-refractivity contribution in [3.05, 3.63) is 0 Å². The Labute approximate surface area is 82.4 Å². The molecule has 0 spiro atoms. The quantitative estimate of drug-likeness (QED) is 0.671. The Morgan fingerprint density at radius 3 is 2.79 bits per heavy atom. The van der Waals surface area contributed by atoms with Crippen LogP contribution < -0.4 is 5.32 Å². The minimum atomic E-state index is -0.913. The Morgan fingerprint density at radius 1 is 1.50 bits per heavy atom. The summed E-state index contributed by atoms with van der Waals surface area (Å²) in [7, 11) is 0. The first-order valence-electron chi connectivity index (χ1n) is 4.75. The summed E-state index contributed by atoms with van der Waals surface area (Å²) in [6, 6.07) is -0.369. The molecule has 0 radical (unpaired) electrons. The summed E-state index contributed by atoms with van der Waals surface area (Å²) in [5.74, 6) is -1.62. The number of amides is 1. The SMILES string of the molecule is CCCC(=O)NC1COCC1C(=O)O. The van der Waals surface area contributed by atoms with Crippen LogP contribution in [0.25, 0.3) is 0 Å². The first kappa shape index (κ1) is 11.0.